The van der Waals surface area contributed by atoms with Crippen LogP contribution in [0.1, 0.15) is 57.4 Å². The van der Waals surface area contributed by atoms with Crippen molar-refractivity contribution in [3.63, 3.8) is 0 Å². The molecule has 2 bridgehead atoms. The quantitative estimate of drug-likeness (QED) is 0.403. The van der Waals surface area contributed by atoms with Crippen molar-refractivity contribution in [3.05, 3.63) is 35.9 Å². The molecule has 3 fully saturated rings. The number of hydrogen-bond acceptors (Lipinski definition) is 5. The second-order valence-corrected chi connectivity index (χ2v) is 9.72. The van der Waals surface area contributed by atoms with Gasteiger partial charge in [-0.1, -0.05) is 50.1 Å². The van der Waals surface area contributed by atoms with Crippen LogP contribution in [0, 0.1) is 11.8 Å². The Hall–Kier alpha value is -2.45. The van der Waals surface area contributed by atoms with E-state index in [-0.39, 0.29) is 30.4 Å². The molecule has 1 spiro atoms. The topological polar surface area (TPSA) is 108 Å². The number of nitrogens with one attached hydrogen (secondary N) is 2. The molecule has 3 amide bonds. The molecule has 186 valence electrons. The Morgan fingerprint density at radius 3 is 2.62 bits per heavy atom. The van der Waals surface area contributed by atoms with E-state index in [1.807, 2.05) is 37.3 Å². The summed E-state index contributed by atoms with van der Waals surface area (Å²) in [6.07, 6.45) is 5.00. The van der Waals surface area contributed by atoms with Crippen LogP contribution < -0.4 is 10.6 Å². The van der Waals surface area contributed by atoms with Gasteiger partial charge in [-0.05, 0) is 37.7 Å². The predicted octanol–water partition coefficient (Wildman–Crippen LogP) is 1.76. The number of aliphatic hydroxyl groups is 1. The third-order valence-corrected chi connectivity index (χ3v) is 7.52. The van der Waals surface area contributed by atoms with E-state index in [0.717, 1.165) is 37.7 Å². The molecule has 8 nitrogen and oxygen atoms in total. The normalized spacial score (nSPS) is 29.4. The second kappa shape index (κ2) is 10.9. The fourth-order valence-corrected chi connectivity index (χ4v) is 5.99. The zero-order valence-electron chi connectivity index (χ0n) is 20.0. The van der Waals surface area contributed by atoms with Gasteiger partial charge in [-0.15, -0.1) is 0 Å². The van der Waals surface area contributed by atoms with E-state index in [0.29, 0.717) is 32.5 Å². The lowest BCUT2D eigenvalue weighted by atomic mass is 9.70. The Morgan fingerprint density at radius 2 is 1.88 bits per heavy atom. The maximum Gasteiger partial charge on any atom is 0.246 e. The van der Waals surface area contributed by atoms with Crippen LogP contribution in [0.5, 0.6) is 0 Å². The highest BCUT2D eigenvalue weighted by atomic mass is 16.5. The summed E-state index contributed by atoms with van der Waals surface area (Å²) < 4.78 is 6.41. The summed E-state index contributed by atoms with van der Waals surface area (Å²) in [5.41, 5.74) is 0.0419. The minimum Gasteiger partial charge on any atom is -0.396 e. The number of carbonyl (C=O) groups is 3. The Labute approximate surface area is 201 Å². The van der Waals surface area contributed by atoms with Gasteiger partial charge >= 0.3 is 0 Å². The van der Waals surface area contributed by atoms with Gasteiger partial charge in [-0.25, -0.2) is 0 Å². The van der Waals surface area contributed by atoms with Crippen LogP contribution in [-0.2, 0) is 25.7 Å². The SMILES string of the molecule is CCCNC(=O)[C@@H]1[C@@H]2CCC3(O2)C(C(=O)NCc2ccccc2)N(CCCCCCO)C(=O)[C@H]13. The van der Waals surface area contributed by atoms with Gasteiger partial charge in [0, 0.05) is 26.2 Å². The molecule has 3 N–H and O–H groups in total. The Morgan fingerprint density at radius 1 is 1.12 bits per heavy atom. The summed E-state index contributed by atoms with van der Waals surface area (Å²) in [5.74, 6) is -1.66. The number of carbonyl (C=O) groups excluding carboxylic acids is 3. The van der Waals surface area contributed by atoms with E-state index in [4.69, 9.17) is 9.84 Å². The summed E-state index contributed by atoms with van der Waals surface area (Å²) in [4.78, 5) is 42.0. The molecule has 3 heterocycles. The van der Waals surface area contributed by atoms with E-state index in [9.17, 15) is 14.4 Å². The monoisotopic (exact) mass is 471 g/mol. The average molecular weight is 472 g/mol. The van der Waals surface area contributed by atoms with Crippen molar-refractivity contribution in [2.45, 2.75) is 76.2 Å². The van der Waals surface area contributed by atoms with E-state index < -0.39 is 23.5 Å². The van der Waals surface area contributed by atoms with Crippen molar-refractivity contribution in [1.29, 1.82) is 0 Å². The van der Waals surface area contributed by atoms with Crippen LogP contribution in [-0.4, -0.2) is 65.2 Å². The third kappa shape index (κ3) is 4.58. The Balaban J connectivity index is 1.55. The molecule has 0 aromatic heterocycles. The van der Waals surface area contributed by atoms with Gasteiger partial charge in [0.15, 0.2) is 0 Å². The average Bonchev–Trinajstić information content (AvgIpc) is 3.49. The molecule has 3 aliphatic heterocycles. The summed E-state index contributed by atoms with van der Waals surface area (Å²) >= 11 is 0. The third-order valence-electron chi connectivity index (χ3n) is 7.52. The molecule has 8 heteroatoms. The number of unbranched alkanes of at least 4 members (excludes halogenated alkanes) is 3. The molecule has 5 atom stereocenters. The molecule has 1 aromatic carbocycles. The zero-order valence-corrected chi connectivity index (χ0v) is 20.0. The van der Waals surface area contributed by atoms with Crippen molar-refractivity contribution in [2.75, 3.05) is 19.7 Å². The summed E-state index contributed by atoms with van der Waals surface area (Å²) in [6, 6.07) is 8.94. The lowest BCUT2D eigenvalue weighted by molar-refractivity contribution is -0.142. The molecule has 4 rings (SSSR count). The summed E-state index contributed by atoms with van der Waals surface area (Å²) in [5, 5.41) is 15.0. The van der Waals surface area contributed by atoms with Crippen molar-refractivity contribution < 1.29 is 24.2 Å². The predicted molar refractivity (Wildman–Crippen MR) is 126 cm³/mol. The highest BCUT2D eigenvalue weighted by Crippen LogP contribution is 2.58. The fourth-order valence-electron chi connectivity index (χ4n) is 5.99. The van der Waals surface area contributed by atoms with E-state index in [1.54, 1.807) is 4.90 Å². The van der Waals surface area contributed by atoms with E-state index in [2.05, 4.69) is 10.6 Å². The fraction of sp³-hybridized carbons (Fsp3) is 0.654. The first-order valence-corrected chi connectivity index (χ1v) is 12.7. The summed E-state index contributed by atoms with van der Waals surface area (Å²) in [7, 11) is 0. The molecule has 0 saturated carbocycles. The van der Waals surface area contributed by atoms with Crippen LogP contribution in [0.4, 0.5) is 0 Å². The summed E-state index contributed by atoms with van der Waals surface area (Å²) in [6.45, 7) is 3.53. The van der Waals surface area contributed by atoms with Crippen LogP contribution >= 0.6 is 0 Å². The number of amides is 3. The lowest BCUT2D eigenvalue weighted by Crippen LogP contribution is -2.55. The molecule has 2 unspecified atom stereocenters. The van der Waals surface area contributed by atoms with Crippen molar-refractivity contribution in [1.82, 2.24) is 15.5 Å². The maximum atomic E-state index is 13.7. The van der Waals surface area contributed by atoms with Gasteiger partial charge in [-0.3, -0.25) is 14.4 Å². The number of aliphatic hydroxyl groups excluding tert-OH is 1. The molecule has 0 radical (unpaired) electrons. The number of ether oxygens (including phenoxy) is 1. The molecule has 34 heavy (non-hydrogen) atoms. The van der Waals surface area contributed by atoms with Crippen LogP contribution in [0.25, 0.3) is 0 Å². The molecule has 3 saturated heterocycles. The van der Waals surface area contributed by atoms with Crippen LogP contribution in [0.15, 0.2) is 30.3 Å². The number of nitrogens with zero attached hydrogens (tertiary/aromatic N) is 1. The Kier molecular flexibility index (Phi) is 7.88. The van der Waals surface area contributed by atoms with E-state index >= 15 is 0 Å². The van der Waals surface area contributed by atoms with Gasteiger partial charge in [0.25, 0.3) is 0 Å². The van der Waals surface area contributed by atoms with E-state index in [1.165, 1.54) is 0 Å². The van der Waals surface area contributed by atoms with Gasteiger partial charge in [-0.2, -0.15) is 0 Å². The standard InChI is InChI=1S/C26H37N3O5/c1-2-14-27-23(31)20-19-12-13-26(34-19)21(20)25(33)29(15-8-3-4-9-16-30)22(26)24(32)28-17-18-10-6-5-7-11-18/h5-7,10-11,19-22,30H,2-4,8-9,12-17H2,1H3,(H,27,31)(H,28,32)/t19-,20+,21-,22?,26?/m0/s1. The molecule has 1 aromatic rings. The number of benzene rings is 1. The molecule has 3 aliphatic rings. The number of fused-ring (bicyclic) bond motifs is 1. The lowest BCUT2D eigenvalue weighted by Gasteiger charge is -2.33. The molecular weight excluding hydrogens is 434 g/mol. The van der Waals surface area contributed by atoms with Gasteiger partial charge in [0.2, 0.25) is 17.7 Å². The number of hydrogen-bond donors (Lipinski definition) is 3. The largest absolute Gasteiger partial charge is 0.396 e. The first kappa shape index (κ1) is 24.7. The molecular formula is C26H37N3O5. The van der Waals surface area contributed by atoms with Crippen molar-refractivity contribution in [2.24, 2.45) is 11.8 Å². The molecule has 0 aliphatic carbocycles. The zero-order chi connectivity index (χ0) is 24.1. The van der Waals surface area contributed by atoms with Gasteiger partial charge in [0.1, 0.15) is 11.6 Å². The number of rotatable bonds is 12. The van der Waals surface area contributed by atoms with Crippen LogP contribution in [0.3, 0.4) is 0 Å². The van der Waals surface area contributed by atoms with Crippen LogP contribution in [0.2, 0.25) is 0 Å². The minimum atomic E-state index is -0.943. The minimum absolute atomic E-state index is 0.138. The van der Waals surface area contributed by atoms with Crippen molar-refractivity contribution in [3.8, 4) is 0 Å². The highest BCUT2D eigenvalue weighted by Gasteiger charge is 2.74. The van der Waals surface area contributed by atoms with Gasteiger partial charge in [0.05, 0.1) is 17.9 Å². The highest BCUT2D eigenvalue weighted by molar-refractivity contribution is 5.98. The Bertz CT molecular complexity index is 878. The van der Waals surface area contributed by atoms with Crippen molar-refractivity contribution >= 4 is 17.7 Å². The smallest absolute Gasteiger partial charge is 0.246 e. The second-order valence-electron chi connectivity index (χ2n) is 9.72. The maximum absolute atomic E-state index is 13.7. The first-order chi connectivity index (χ1) is 16.5. The van der Waals surface area contributed by atoms with Gasteiger partial charge < -0.3 is 25.4 Å². The number of likely N-dealkylation sites (tertiary alicyclic amines) is 1. The first-order valence-electron chi connectivity index (χ1n) is 12.7.